The second-order valence-electron chi connectivity index (χ2n) is 1.75. The minimum atomic E-state index is 0.814. The minimum Gasteiger partial charge on any atom is -0.399 e. The smallest absolute Gasteiger partial charge is 0.399 e. The number of fused-ring (bicyclic) bond motifs is 1. The van der Waals surface area contributed by atoms with Crippen molar-refractivity contribution in [1.29, 1.82) is 0 Å². The highest BCUT2D eigenvalue weighted by atomic mass is 16.5. The Balaban J connectivity index is 2.63. The molecule has 1 aromatic rings. The van der Waals surface area contributed by atoms with Crippen LogP contribution in [0.3, 0.4) is 0 Å². The van der Waals surface area contributed by atoms with Gasteiger partial charge < -0.3 is 4.74 Å². The Morgan fingerprint density at radius 3 is 3.44 bits per heavy atom. The third kappa shape index (κ3) is 0.598. The normalized spacial score (nSPS) is 12.9. The second-order valence-corrected chi connectivity index (χ2v) is 1.75. The number of benzene rings is 1. The van der Waals surface area contributed by atoms with E-state index in [1.165, 1.54) is 6.40 Å². The predicted molar refractivity (Wildman–Crippen MR) is 33.8 cm³/mol. The Kier molecular flexibility index (Phi) is 0.803. The Labute approximate surface area is 52.8 Å². The predicted octanol–water partition coefficient (Wildman–Crippen LogP) is 0.875. The summed E-state index contributed by atoms with van der Waals surface area (Å²) >= 11 is 0. The van der Waals surface area contributed by atoms with Crippen molar-refractivity contribution in [3.8, 4) is 5.75 Å². The van der Waals surface area contributed by atoms with E-state index in [4.69, 9.17) is 4.74 Å². The van der Waals surface area contributed by atoms with Crippen molar-refractivity contribution in [2.45, 2.75) is 0 Å². The molecule has 0 N–H and O–H groups in total. The number of ether oxygens (including phenoxy) is 1. The molecule has 42 valence electrons. The van der Waals surface area contributed by atoms with E-state index in [1.54, 1.807) is 12.1 Å². The topological polar surface area (TPSA) is 23.3 Å². The molecule has 2 nitrogen and oxygen atoms in total. The molecule has 2 radical (unpaired) electrons. The van der Waals surface area contributed by atoms with Gasteiger partial charge in [-0.05, 0) is 12.1 Å². The largest absolute Gasteiger partial charge is 0.404 e. The fraction of sp³-hybridized carbons (Fsp3) is 0. The molecule has 0 unspecified atom stereocenters. The average molecular weight is 118 g/mol. The zero-order chi connectivity index (χ0) is 6.10. The quantitative estimate of drug-likeness (QED) is 0.496. The molecule has 0 amide bonds. The minimum absolute atomic E-state index is 0.814. The van der Waals surface area contributed by atoms with Gasteiger partial charge in [0.05, 0.1) is 0 Å². The van der Waals surface area contributed by atoms with Crippen LogP contribution < -0.4 is 9.73 Å². The van der Waals surface area contributed by atoms with E-state index in [0.29, 0.717) is 0 Å². The van der Waals surface area contributed by atoms with Crippen molar-refractivity contribution in [3.05, 3.63) is 24.3 Å². The highest BCUT2D eigenvalue weighted by molar-refractivity contribution is 5.68. The number of nitrogens with zero attached hydrogens (tertiary/aromatic N) is 1. The zero-order valence-electron chi connectivity index (χ0n) is 4.66. The van der Waals surface area contributed by atoms with Crippen LogP contribution in [-0.2, 0) is 0 Å². The van der Waals surface area contributed by atoms with Crippen molar-refractivity contribution in [1.82, 2.24) is 4.99 Å². The molecular weight excluding hydrogens is 114 g/mol. The summed E-state index contributed by atoms with van der Waals surface area (Å²) in [6.45, 7) is 0. The van der Waals surface area contributed by atoms with Gasteiger partial charge in [-0.3, -0.25) is 0 Å². The summed E-state index contributed by atoms with van der Waals surface area (Å²) in [5.74, 6) is 0.814. The first-order chi connectivity index (χ1) is 4.47. The van der Waals surface area contributed by atoms with Crippen LogP contribution in [0.25, 0.3) is 0 Å². The van der Waals surface area contributed by atoms with Gasteiger partial charge in [0.25, 0.3) is 0 Å². The van der Waals surface area contributed by atoms with Crippen molar-refractivity contribution < 1.29 is 4.74 Å². The van der Waals surface area contributed by atoms with Gasteiger partial charge in [-0.2, -0.15) is 0 Å². The van der Waals surface area contributed by atoms with E-state index in [-0.39, 0.29) is 0 Å². The van der Waals surface area contributed by atoms with E-state index >= 15 is 0 Å². The lowest BCUT2D eigenvalue weighted by Gasteiger charge is -1.83. The first-order valence-corrected chi connectivity index (χ1v) is 2.66. The highest BCUT2D eigenvalue weighted by Gasteiger charge is 2.17. The summed E-state index contributed by atoms with van der Waals surface area (Å²) in [6, 6.07) is 8.32. The van der Waals surface area contributed by atoms with E-state index in [9.17, 15) is 0 Å². The zero-order valence-corrected chi connectivity index (χ0v) is 4.66. The summed E-state index contributed by atoms with van der Waals surface area (Å²) in [5, 5.41) is 0. The van der Waals surface area contributed by atoms with E-state index in [2.05, 4.69) is 11.1 Å². The van der Waals surface area contributed by atoms with Crippen LogP contribution in [0.1, 0.15) is 0 Å². The molecule has 2 heteroatoms. The van der Waals surface area contributed by atoms with Crippen molar-refractivity contribution >= 4 is 12.1 Å². The average Bonchev–Trinajstić information content (AvgIpc) is 2.33. The van der Waals surface area contributed by atoms with Crippen molar-refractivity contribution in [2.75, 3.05) is 0 Å². The van der Waals surface area contributed by atoms with E-state index in [0.717, 1.165) is 11.4 Å². The number of hydrogen-bond donors (Lipinski definition) is 0. The van der Waals surface area contributed by atoms with Crippen LogP contribution in [0, 0.1) is 6.07 Å². The molecule has 1 aliphatic heterocycles. The number of rotatable bonds is 0. The first kappa shape index (κ1) is 4.56. The highest BCUT2D eigenvalue weighted by Crippen LogP contribution is 2.23. The van der Waals surface area contributed by atoms with Crippen LogP contribution in [0.4, 0.5) is 5.69 Å². The van der Waals surface area contributed by atoms with E-state index < -0.39 is 0 Å². The van der Waals surface area contributed by atoms with Crippen LogP contribution >= 0.6 is 0 Å². The molecule has 2 rings (SSSR count). The van der Waals surface area contributed by atoms with Gasteiger partial charge in [0.2, 0.25) is 5.75 Å². The Bertz CT molecular complexity index is 255. The Hall–Kier alpha value is -1.31. The van der Waals surface area contributed by atoms with Crippen LogP contribution in [0.2, 0.25) is 0 Å². The molecule has 0 aliphatic carbocycles. The monoisotopic (exact) mass is 118 g/mol. The maximum Gasteiger partial charge on any atom is 0.404 e. The van der Waals surface area contributed by atoms with Crippen molar-refractivity contribution in [3.63, 3.8) is 0 Å². The van der Waals surface area contributed by atoms with Crippen LogP contribution in [0.5, 0.6) is 5.75 Å². The standard InChI is InChI=1S/C7H4NO/c1-2-4-7-6(3-1)8-5-9-7/h2-5H/q+1. The second kappa shape index (κ2) is 1.58. The van der Waals surface area contributed by atoms with E-state index in [1.807, 2.05) is 6.07 Å². The molecule has 0 spiro atoms. The summed E-state index contributed by atoms with van der Waals surface area (Å²) < 4.78 is 4.99. The third-order valence-corrected chi connectivity index (χ3v) is 1.17. The van der Waals surface area contributed by atoms with Gasteiger partial charge >= 0.3 is 12.1 Å². The summed E-state index contributed by atoms with van der Waals surface area (Å²) in [6.07, 6.45) is 1.43. The van der Waals surface area contributed by atoms with Gasteiger partial charge in [-0.25, -0.2) is 0 Å². The summed E-state index contributed by atoms with van der Waals surface area (Å²) in [4.78, 5) is 3.92. The summed E-state index contributed by atoms with van der Waals surface area (Å²) in [7, 11) is 0. The number of aliphatic imine (C=N–C) groups is 1. The Morgan fingerprint density at radius 1 is 1.56 bits per heavy atom. The molecule has 9 heavy (non-hydrogen) atoms. The first-order valence-electron chi connectivity index (χ1n) is 2.66. The molecule has 1 aromatic carbocycles. The third-order valence-electron chi connectivity index (χ3n) is 1.17. The molecule has 1 heterocycles. The van der Waals surface area contributed by atoms with Gasteiger partial charge in [-0.1, -0.05) is 6.07 Å². The molecule has 0 saturated carbocycles. The molecule has 0 bridgehead atoms. The molecule has 0 fully saturated rings. The lowest BCUT2D eigenvalue weighted by atomic mass is 10.3. The summed E-state index contributed by atoms with van der Waals surface area (Å²) in [5.41, 5.74) is 0.859. The Morgan fingerprint density at radius 2 is 2.56 bits per heavy atom. The van der Waals surface area contributed by atoms with Crippen LogP contribution in [0.15, 0.2) is 18.2 Å². The molecular formula is C7H4NO+. The van der Waals surface area contributed by atoms with Gasteiger partial charge in [0.1, 0.15) is 4.99 Å². The van der Waals surface area contributed by atoms with Crippen molar-refractivity contribution in [2.24, 2.45) is 0 Å². The fourth-order valence-electron chi connectivity index (χ4n) is 0.748. The van der Waals surface area contributed by atoms with Gasteiger partial charge in [0.15, 0.2) is 0 Å². The molecule has 0 aromatic heterocycles. The SMILES string of the molecule is [c]1ccc2c(c1)[N+]=CO2. The maximum absolute atomic E-state index is 4.99. The van der Waals surface area contributed by atoms with Gasteiger partial charge in [0, 0.05) is 6.07 Å². The molecule has 1 aliphatic rings. The van der Waals surface area contributed by atoms with Crippen LogP contribution in [-0.4, -0.2) is 6.40 Å². The molecule has 0 atom stereocenters. The maximum atomic E-state index is 4.99. The lowest BCUT2D eigenvalue weighted by Crippen LogP contribution is -1.81. The molecule has 0 saturated heterocycles. The van der Waals surface area contributed by atoms with Gasteiger partial charge in [-0.15, -0.1) is 0 Å². The number of hydrogen-bond acceptors (Lipinski definition) is 2. The fourth-order valence-corrected chi connectivity index (χ4v) is 0.748. The lowest BCUT2D eigenvalue weighted by molar-refractivity contribution is 0.592.